The van der Waals surface area contributed by atoms with Crippen molar-refractivity contribution in [3.8, 4) is 0 Å². The molecule has 0 bridgehead atoms. The molecular weight excluding hydrogens is 249 g/mol. The Balaban J connectivity index is 4.96. The summed E-state index contributed by atoms with van der Waals surface area (Å²) in [5.74, 6) is -2.66. The largest absolute Gasteiger partial charge is 0.375 e. The lowest BCUT2D eigenvalue weighted by molar-refractivity contribution is 0.0938. The van der Waals surface area contributed by atoms with E-state index in [1.165, 1.54) is 0 Å². The molecule has 0 aliphatic rings. The number of hydrogen-bond donors (Lipinski definition) is 0. The fourth-order valence-corrected chi connectivity index (χ4v) is 0.593. The molecule has 12 heavy (non-hydrogen) atoms. The van der Waals surface area contributed by atoms with Crippen LogP contribution in [-0.4, -0.2) is 10.8 Å². The Hall–Kier alpha value is 0.260. The summed E-state index contributed by atoms with van der Waals surface area (Å²) in [7, 11) is 0. The van der Waals surface area contributed by atoms with Gasteiger partial charge in [-0.2, -0.15) is 17.6 Å². The third-order valence-corrected chi connectivity index (χ3v) is 1.55. The second-order valence-electron chi connectivity index (χ2n) is 1.62. The molecular formula is C4Cl3F5. The monoisotopic (exact) mass is 248 g/mol. The van der Waals surface area contributed by atoms with Crippen LogP contribution in [0, 0.1) is 0 Å². The van der Waals surface area contributed by atoms with Crippen molar-refractivity contribution in [2.75, 3.05) is 0 Å². The van der Waals surface area contributed by atoms with Gasteiger partial charge < -0.3 is 0 Å². The van der Waals surface area contributed by atoms with Crippen LogP contribution in [0.25, 0.3) is 0 Å². The molecule has 0 aromatic rings. The predicted molar refractivity (Wildman–Crippen MR) is 35.6 cm³/mol. The number of allylic oxidation sites excluding steroid dienone is 2. The second kappa shape index (κ2) is 3.55. The van der Waals surface area contributed by atoms with E-state index >= 15 is 0 Å². The van der Waals surface area contributed by atoms with Crippen molar-refractivity contribution < 1.29 is 22.0 Å². The highest BCUT2D eigenvalue weighted by atomic mass is 35.5. The van der Waals surface area contributed by atoms with Crippen LogP contribution in [0.2, 0.25) is 0 Å². The first-order chi connectivity index (χ1) is 5.07. The normalized spacial score (nSPS) is 16.0. The highest BCUT2D eigenvalue weighted by Gasteiger charge is 2.42. The Kier molecular flexibility index (Phi) is 3.63. The van der Waals surface area contributed by atoms with Gasteiger partial charge in [0.1, 0.15) is 5.03 Å². The Bertz CT molecular complexity index is 178. The van der Waals surface area contributed by atoms with Gasteiger partial charge in [0.25, 0.3) is 0 Å². The fourth-order valence-electron chi connectivity index (χ4n) is 0.249. The van der Waals surface area contributed by atoms with Crippen molar-refractivity contribution in [3.63, 3.8) is 0 Å². The molecule has 0 atom stereocenters. The number of alkyl halides is 6. The molecule has 0 aromatic carbocycles. The van der Waals surface area contributed by atoms with E-state index in [1.807, 2.05) is 0 Å². The zero-order valence-corrected chi connectivity index (χ0v) is 7.29. The van der Waals surface area contributed by atoms with Gasteiger partial charge >= 0.3 is 10.8 Å². The molecule has 0 aromatic heterocycles. The Labute approximate surface area is 78.9 Å². The first-order valence-electron chi connectivity index (χ1n) is 2.26. The number of halogens is 8. The Morgan fingerprint density at radius 2 is 1.25 bits per heavy atom. The summed E-state index contributed by atoms with van der Waals surface area (Å²) in [6.07, 6.45) is 0. The molecule has 0 aliphatic heterocycles. The quantitative estimate of drug-likeness (QED) is 0.511. The predicted octanol–water partition coefficient (Wildman–Crippen LogP) is 4.07. The van der Waals surface area contributed by atoms with E-state index in [1.54, 1.807) is 0 Å². The van der Waals surface area contributed by atoms with Crippen LogP contribution in [0.1, 0.15) is 0 Å². The molecule has 0 amide bonds. The third-order valence-electron chi connectivity index (χ3n) is 0.690. The fraction of sp³-hybridized carbons (Fsp3) is 0.500. The van der Waals surface area contributed by atoms with E-state index in [0.29, 0.717) is 0 Å². The minimum absolute atomic E-state index is 2.12. The van der Waals surface area contributed by atoms with E-state index in [9.17, 15) is 22.0 Å². The third kappa shape index (κ3) is 3.33. The van der Waals surface area contributed by atoms with E-state index in [4.69, 9.17) is 0 Å². The van der Waals surface area contributed by atoms with Crippen molar-refractivity contribution in [1.29, 1.82) is 0 Å². The minimum atomic E-state index is -4.57. The number of hydrogen-bond acceptors (Lipinski definition) is 0. The topological polar surface area (TPSA) is 0 Å². The zero-order valence-electron chi connectivity index (χ0n) is 5.02. The molecule has 0 radical (unpaired) electrons. The highest BCUT2D eigenvalue weighted by molar-refractivity contribution is 6.39. The van der Waals surface area contributed by atoms with E-state index < -0.39 is 21.6 Å². The molecule has 8 heteroatoms. The molecule has 0 fully saturated rings. The van der Waals surface area contributed by atoms with E-state index in [-0.39, 0.29) is 0 Å². The van der Waals surface area contributed by atoms with Gasteiger partial charge in [0.15, 0.2) is 0 Å². The smallest absolute Gasteiger partial charge is 0.202 e. The van der Waals surface area contributed by atoms with Crippen LogP contribution in [0.3, 0.4) is 0 Å². The average molecular weight is 249 g/mol. The summed E-state index contributed by atoms with van der Waals surface area (Å²) in [4.78, 5) is 0. The Morgan fingerprint density at radius 3 is 1.33 bits per heavy atom. The van der Waals surface area contributed by atoms with Gasteiger partial charge in [0.2, 0.25) is 5.83 Å². The standard InChI is InChI=1S/C4Cl3F5/c5-1(3(6,9)10)2(8)4(7,11)12. The maximum Gasteiger partial charge on any atom is 0.375 e. The second-order valence-corrected chi connectivity index (χ2v) is 2.95. The van der Waals surface area contributed by atoms with Gasteiger partial charge in [0, 0.05) is 0 Å². The molecule has 0 saturated heterocycles. The molecule has 0 spiro atoms. The van der Waals surface area contributed by atoms with Crippen molar-refractivity contribution in [3.05, 3.63) is 10.9 Å². The van der Waals surface area contributed by atoms with Gasteiger partial charge in [-0.25, -0.2) is 4.39 Å². The van der Waals surface area contributed by atoms with Crippen LogP contribution in [0.4, 0.5) is 22.0 Å². The van der Waals surface area contributed by atoms with Gasteiger partial charge in [-0.3, -0.25) is 0 Å². The van der Waals surface area contributed by atoms with Crippen LogP contribution in [0.5, 0.6) is 0 Å². The Morgan fingerprint density at radius 1 is 0.917 bits per heavy atom. The van der Waals surface area contributed by atoms with E-state index in [0.717, 1.165) is 0 Å². The molecule has 0 N–H and O–H groups in total. The average Bonchev–Trinajstić information content (AvgIpc) is 1.80. The first kappa shape index (κ1) is 12.3. The number of rotatable bonds is 2. The van der Waals surface area contributed by atoms with Gasteiger partial charge in [-0.1, -0.05) is 11.6 Å². The molecule has 72 valence electrons. The van der Waals surface area contributed by atoms with Crippen molar-refractivity contribution in [2.24, 2.45) is 0 Å². The van der Waals surface area contributed by atoms with Crippen molar-refractivity contribution in [2.45, 2.75) is 10.8 Å². The molecule has 0 saturated carbocycles. The molecule has 0 unspecified atom stereocenters. The van der Waals surface area contributed by atoms with Crippen LogP contribution in [0.15, 0.2) is 10.9 Å². The maximum atomic E-state index is 12.1. The van der Waals surface area contributed by atoms with Crippen molar-refractivity contribution >= 4 is 34.8 Å². The molecule has 0 rings (SSSR count). The lowest BCUT2D eigenvalue weighted by Crippen LogP contribution is -2.15. The zero-order chi connectivity index (χ0) is 10.2. The summed E-state index contributed by atoms with van der Waals surface area (Å²) in [5, 5.41) is -11.1. The van der Waals surface area contributed by atoms with Gasteiger partial charge in [-0.15, -0.1) is 0 Å². The summed E-state index contributed by atoms with van der Waals surface area (Å²) >= 11 is 12.6. The summed E-state index contributed by atoms with van der Waals surface area (Å²) in [5.41, 5.74) is 0. The SMILES string of the molecule is FC(=C(Cl)C(F)(F)Cl)C(F)(F)Cl. The first-order valence-corrected chi connectivity index (χ1v) is 3.40. The summed E-state index contributed by atoms with van der Waals surface area (Å²) in [6, 6.07) is 0. The molecule has 0 aliphatic carbocycles. The van der Waals surface area contributed by atoms with Gasteiger partial charge in [-0.05, 0) is 23.2 Å². The highest BCUT2D eigenvalue weighted by Crippen LogP contribution is 2.41. The molecule has 0 heterocycles. The minimum Gasteiger partial charge on any atom is -0.202 e. The lowest BCUT2D eigenvalue weighted by atomic mass is 10.4. The maximum absolute atomic E-state index is 12.1. The van der Waals surface area contributed by atoms with Crippen LogP contribution < -0.4 is 0 Å². The van der Waals surface area contributed by atoms with Crippen LogP contribution in [-0.2, 0) is 0 Å². The van der Waals surface area contributed by atoms with Crippen molar-refractivity contribution in [1.82, 2.24) is 0 Å². The lowest BCUT2D eigenvalue weighted by Gasteiger charge is -2.10. The summed E-state index contributed by atoms with van der Waals surface area (Å²) in [6.45, 7) is 0. The van der Waals surface area contributed by atoms with Gasteiger partial charge in [0.05, 0.1) is 0 Å². The summed E-state index contributed by atoms with van der Waals surface area (Å²) < 4.78 is 59.3. The van der Waals surface area contributed by atoms with E-state index in [2.05, 4.69) is 34.8 Å². The van der Waals surface area contributed by atoms with Crippen LogP contribution >= 0.6 is 34.8 Å². The molecule has 0 nitrogen and oxygen atoms in total.